The summed E-state index contributed by atoms with van der Waals surface area (Å²) in [5.41, 5.74) is 7.65. The van der Waals surface area contributed by atoms with Gasteiger partial charge in [0, 0.05) is 6.04 Å². The summed E-state index contributed by atoms with van der Waals surface area (Å²) >= 11 is 0. The number of aryl methyl sites for hydroxylation is 1. The summed E-state index contributed by atoms with van der Waals surface area (Å²) in [6, 6.07) is 5.18. The van der Waals surface area contributed by atoms with E-state index in [2.05, 4.69) is 5.32 Å². The minimum Gasteiger partial charge on any atom is -0.506 e. The maximum atomic E-state index is 12.4. The predicted molar refractivity (Wildman–Crippen MR) is 73.8 cm³/mol. The number of aromatic hydroxyl groups is 1. The number of amides is 1. The van der Waals surface area contributed by atoms with Crippen LogP contribution in [0.15, 0.2) is 18.2 Å². The van der Waals surface area contributed by atoms with E-state index in [9.17, 15) is 9.90 Å². The van der Waals surface area contributed by atoms with Crippen LogP contribution in [0.2, 0.25) is 0 Å². The molecule has 4 atom stereocenters. The van der Waals surface area contributed by atoms with Crippen LogP contribution in [0.4, 0.5) is 5.69 Å². The molecule has 2 aliphatic rings. The Kier molecular flexibility index (Phi) is 2.97. The molecule has 0 unspecified atom stereocenters. The summed E-state index contributed by atoms with van der Waals surface area (Å²) in [7, 11) is 0. The highest BCUT2D eigenvalue weighted by atomic mass is 16.3. The summed E-state index contributed by atoms with van der Waals surface area (Å²) < 4.78 is 0. The number of carbonyl (C=O) groups excluding carboxylic acids is 1. The van der Waals surface area contributed by atoms with E-state index in [1.165, 1.54) is 0 Å². The van der Waals surface area contributed by atoms with Crippen molar-refractivity contribution in [2.45, 2.75) is 32.2 Å². The van der Waals surface area contributed by atoms with Gasteiger partial charge in [0.25, 0.3) is 0 Å². The van der Waals surface area contributed by atoms with Crippen LogP contribution < -0.4 is 11.1 Å². The third kappa shape index (κ3) is 2.10. The summed E-state index contributed by atoms with van der Waals surface area (Å²) in [5.74, 6) is 0.897. The Morgan fingerprint density at radius 2 is 2.11 bits per heavy atom. The van der Waals surface area contributed by atoms with E-state index >= 15 is 0 Å². The van der Waals surface area contributed by atoms with Crippen LogP contribution in [0.25, 0.3) is 0 Å². The third-order valence-electron chi connectivity index (χ3n) is 4.69. The topological polar surface area (TPSA) is 75.3 Å². The van der Waals surface area contributed by atoms with Crippen molar-refractivity contribution in [1.82, 2.24) is 0 Å². The van der Waals surface area contributed by atoms with E-state index in [-0.39, 0.29) is 23.6 Å². The average Bonchev–Trinajstić information content (AvgIpc) is 2.94. The van der Waals surface area contributed by atoms with Gasteiger partial charge in [0.1, 0.15) is 5.75 Å². The molecule has 4 N–H and O–H groups in total. The van der Waals surface area contributed by atoms with Crippen LogP contribution >= 0.6 is 0 Å². The fourth-order valence-electron chi connectivity index (χ4n) is 3.69. The molecule has 102 valence electrons. The minimum atomic E-state index is -0.0985. The lowest BCUT2D eigenvalue weighted by molar-refractivity contribution is -0.121. The first-order chi connectivity index (χ1) is 9.06. The fraction of sp³-hybridized carbons (Fsp3) is 0.533. The molecule has 0 aromatic heterocycles. The standard InChI is InChI=1S/C15H20N2O2/c1-8-2-5-12(18)11(6-8)17-15(19)13-9-3-4-10(7-9)14(13)16/h2,5-6,9-10,13-14,18H,3-4,7,16H2,1H3,(H,17,19)/t9-,10-,13+,14+/m0/s1. The van der Waals surface area contributed by atoms with Crippen molar-refractivity contribution < 1.29 is 9.90 Å². The molecule has 0 heterocycles. The average molecular weight is 260 g/mol. The third-order valence-corrected chi connectivity index (χ3v) is 4.69. The smallest absolute Gasteiger partial charge is 0.229 e. The molecule has 1 amide bonds. The van der Waals surface area contributed by atoms with Gasteiger partial charge in [0.2, 0.25) is 5.91 Å². The van der Waals surface area contributed by atoms with Gasteiger partial charge in [0.05, 0.1) is 11.6 Å². The number of hydrogen-bond donors (Lipinski definition) is 3. The zero-order valence-corrected chi connectivity index (χ0v) is 11.1. The molecule has 4 heteroatoms. The highest BCUT2D eigenvalue weighted by Gasteiger charge is 2.49. The molecule has 2 fully saturated rings. The zero-order chi connectivity index (χ0) is 13.6. The van der Waals surface area contributed by atoms with Gasteiger partial charge >= 0.3 is 0 Å². The molecule has 0 radical (unpaired) electrons. The van der Waals surface area contributed by atoms with Crippen molar-refractivity contribution in [3.8, 4) is 5.75 Å². The molecule has 2 aliphatic carbocycles. The normalized spacial score (nSPS) is 32.5. The Bertz CT molecular complexity index is 513. The van der Waals surface area contributed by atoms with Gasteiger partial charge in [-0.15, -0.1) is 0 Å². The van der Waals surface area contributed by atoms with Crippen LogP contribution in [0.3, 0.4) is 0 Å². The van der Waals surface area contributed by atoms with Gasteiger partial charge in [-0.25, -0.2) is 0 Å². The molecule has 2 bridgehead atoms. The number of anilines is 1. The van der Waals surface area contributed by atoms with Crippen LogP contribution in [0.1, 0.15) is 24.8 Å². The first-order valence-electron chi connectivity index (χ1n) is 6.92. The molecular weight excluding hydrogens is 240 g/mol. The molecule has 0 aliphatic heterocycles. The second-order valence-electron chi connectivity index (χ2n) is 5.95. The molecular formula is C15H20N2O2. The van der Waals surface area contributed by atoms with E-state index in [1.807, 2.05) is 13.0 Å². The number of carbonyl (C=O) groups is 1. The molecule has 1 aromatic rings. The van der Waals surface area contributed by atoms with Gasteiger partial charge in [-0.1, -0.05) is 6.07 Å². The van der Waals surface area contributed by atoms with Crippen molar-refractivity contribution in [3.63, 3.8) is 0 Å². The number of phenolic OH excluding ortho intramolecular Hbond substituents is 1. The van der Waals surface area contributed by atoms with Crippen molar-refractivity contribution in [1.29, 1.82) is 0 Å². The Labute approximate surface area is 113 Å². The molecule has 0 saturated heterocycles. The Hall–Kier alpha value is -1.55. The highest BCUT2D eigenvalue weighted by molar-refractivity contribution is 5.95. The minimum absolute atomic E-state index is 0.0225. The predicted octanol–water partition coefficient (Wildman–Crippen LogP) is 2.01. The first kappa shape index (κ1) is 12.5. The molecule has 19 heavy (non-hydrogen) atoms. The van der Waals surface area contributed by atoms with Gasteiger partial charge < -0.3 is 16.2 Å². The zero-order valence-electron chi connectivity index (χ0n) is 11.1. The van der Waals surface area contributed by atoms with E-state index < -0.39 is 0 Å². The molecule has 2 saturated carbocycles. The summed E-state index contributed by atoms with van der Waals surface area (Å²) in [4.78, 5) is 12.4. The van der Waals surface area contributed by atoms with Gasteiger partial charge in [0.15, 0.2) is 0 Å². The van der Waals surface area contributed by atoms with Crippen LogP contribution in [0.5, 0.6) is 5.75 Å². The first-order valence-corrected chi connectivity index (χ1v) is 6.92. The number of rotatable bonds is 2. The maximum absolute atomic E-state index is 12.4. The summed E-state index contributed by atoms with van der Waals surface area (Å²) in [6.45, 7) is 1.93. The van der Waals surface area contributed by atoms with E-state index in [0.717, 1.165) is 24.8 Å². The second kappa shape index (κ2) is 4.53. The molecule has 1 aromatic carbocycles. The quantitative estimate of drug-likeness (QED) is 0.712. The van der Waals surface area contributed by atoms with Gasteiger partial charge in [-0.3, -0.25) is 4.79 Å². The summed E-state index contributed by atoms with van der Waals surface area (Å²) in [5, 5.41) is 12.6. The number of fused-ring (bicyclic) bond motifs is 2. The van der Waals surface area contributed by atoms with Crippen molar-refractivity contribution >= 4 is 11.6 Å². The lowest BCUT2D eigenvalue weighted by atomic mass is 9.84. The van der Waals surface area contributed by atoms with Crippen molar-refractivity contribution in [2.24, 2.45) is 23.5 Å². The summed E-state index contributed by atoms with van der Waals surface area (Å²) in [6.07, 6.45) is 3.35. The molecule has 3 rings (SSSR count). The lowest BCUT2D eigenvalue weighted by Crippen LogP contribution is -2.42. The Balaban J connectivity index is 1.77. The van der Waals surface area contributed by atoms with E-state index in [0.29, 0.717) is 17.5 Å². The Morgan fingerprint density at radius 3 is 2.79 bits per heavy atom. The molecule has 4 nitrogen and oxygen atoms in total. The maximum Gasteiger partial charge on any atom is 0.229 e. The van der Waals surface area contributed by atoms with Gasteiger partial charge in [-0.05, 0) is 55.7 Å². The number of benzene rings is 1. The number of nitrogens with two attached hydrogens (primary N) is 1. The van der Waals surface area contributed by atoms with Crippen LogP contribution in [-0.4, -0.2) is 17.1 Å². The highest BCUT2D eigenvalue weighted by Crippen LogP contribution is 2.48. The van der Waals surface area contributed by atoms with Crippen molar-refractivity contribution in [2.75, 3.05) is 5.32 Å². The second-order valence-corrected chi connectivity index (χ2v) is 5.95. The fourth-order valence-corrected chi connectivity index (χ4v) is 3.69. The molecule has 0 spiro atoms. The van der Waals surface area contributed by atoms with Crippen LogP contribution in [-0.2, 0) is 4.79 Å². The Morgan fingerprint density at radius 1 is 1.37 bits per heavy atom. The number of hydrogen-bond acceptors (Lipinski definition) is 3. The van der Waals surface area contributed by atoms with Crippen molar-refractivity contribution in [3.05, 3.63) is 23.8 Å². The monoisotopic (exact) mass is 260 g/mol. The van der Waals surface area contributed by atoms with E-state index in [4.69, 9.17) is 5.73 Å². The van der Waals surface area contributed by atoms with E-state index in [1.54, 1.807) is 12.1 Å². The van der Waals surface area contributed by atoms with Gasteiger partial charge in [-0.2, -0.15) is 0 Å². The largest absolute Gasteiger partial charge is 0.506 e. The number of phenols is 1. The van der Waals surface area contributed by atoms with Crippen LogP contribution in [0, 0.1) is 24.7 Å². The SMILES string of the molecule is Cc1ccc(O)c(NC(=O)[C@@H]2[C@H]3CC[C@@H](C3)[C@H]2N)c1. The number of nitrogens with one attached hydrogen (secondary N) is 1. The lowest BCUT2D eigenvalue weighted by Gasteiger charge is -2.27.